The molecule has 0 aliphatic heterocycles. The number of hydrogen-bond acceptors (Lipinski definition) is 5. The number of rotatable bonds is 5. The van der Waals surface area contributed by atoms with Crippen molar-refractivity contribution >= 4 is 61.3 Å². The van der Waals surface area contributed by atoms with Crippen molar-refractivity contribution in [2.75, 3.05) is 5.32 Å². The predicted molar refractivity (Wildman–Crippen MR) is 106 cm³/mol. The molecule has 0 bridgehead atoms. The zero-order valence-electron chi connectivity index (χ0n) is 13.2. The molecule has 24 heavy (non-hydrogen) atoms. The molecule has 0 aliphatic rings. The van der Waals surface area contributed by atoms with Crippen LogP contribution in [0.1, 0.15) is 35.0 Å². The first-order chi connectivity index (χ1) is 11.7. The van der Waals surface area contributed by atoms with Gasteiger partial charge in [0.2, 0.25) is 0 Å². The summed E-state index contributed by atoms with van der Waals surface area (Å²) in [7, 11) is 0. The van der Waals surface area contributed by atoms with E-state index in [0.29, 0.717) is 10.0 Å². The van der Waals surface area contributed by atoms with Crippen LogP contribution in [0.3, 0.4) is 0 Å². The summed E-state index contributed by atoms with van der Waals surface area (Å²) < 4.78 is 1.12. The second-order valence-corrected chi connectivity index (χ2v) is 7.70. The van der Waals surface area contributed by atoms with Crippen molar-refractivity contribution in [3.63, 3.8) is 0 Å². The molecule has 2 N–H and O–H groups in total. The van der Waals surface area contributed by atoms with Crippen LogP contribution >= 0.6 is 34.9 Å². The van der Waals surface area contributed by atoms with Gasteiger partial charge in [0.15, 0.2) is 10.2 Å². The zero-order chi connectivity index (χ0) is 16.9. The molecule has 0 unspecified atom stereocenters. The molecule has 124 valence electrons. The van der Waals surface area contributed by atoms with Gasteiger partial charge in [-0.3, -0.25) is 10.1 Å². The lowest BCUT2D eigenvalue weighted by Crippen LogP contribution is -2.33. The molecule has 0 saturated heterocycles. The number of thiocarbonyl (C=S) groups is 1. The van der Waals surface area contributed by atoms with E-state index in [-0.39, 0.29) is 11.0 Å². The summed E-state index contributed by atoms with van der Waals surface area (Å²) >= 11 is 8.12. The fraction of sp³-hybridized carbons (Fsp3) is 0.235. The number of unbranched alkanes of at least 4 members (excludes halogenated alkanes) is 1. The second kappa shape index (κ2) is 7.83. The van der Waals surface area contributed by atoms with E-state index in [2.05, 4.69) is 34.7 Å². The molecule has 1 aromatic carbocycles. The minimum Gasteiger partial charge on any atom is -0.308 e. The molecule has 7 heteroatoms. The number of hydrogen-bond donors (Lipinski definition) is 2. The zero-order valence-corrected chi connectivity index (χ0v) is 15.6. The third-order valence-corrected chi connectivity index (χ3v) is 5.47. The Hall–Kier alpha value is -1.83. The van der Waals surface area contributed by atoms with Crippen molar-refractivity contribution in [3.8, 4) is 0 Å². The molecule has 0 radical (unpaired) electrons. The molecule has 0 saturated carbocycles. The van der Waals surface area contributed by atoms with Crippen molar-refractivity contribution in [3.05, 3.63) is 46.2 Å². The standard InChI is InChI=1S/C17H17N3OS3/c1-2-3-5-11-7-8-12-14(10-11)24-17(18-12)20-16(22)19-15(21)13-6-4-9-23-13/h4,6-10H,2-3,5H2,1H3,(H2,18,19,20,21,22). The van der Waals surface area contributed by atoms with Crippen molar-refractivity contribution in [1.29, 1.82) is 0 Å². The van der Waals surface area contributed by atoms with Crippen LogP contribution in [0.15, 0.2) is 35.7 Å². The van der Waals surface area contributed by atoms with Crippen LogP contribution in [0.2, 0.25) is 0 Å². The van der Waals surface area contributed by atoms with Crippen LogP contribution in [0.25, 0.3) is 10.2 Å². The van der Waals surface area contributed by atoms with E-state index >= 15 is 0 Å². The van der Waals surface area contributed by atoms with Gasteiger partial charge in [-0.25, -0.2) is 4.98 Å². The van der Waals surface area contributed by atoms with E-state index < -0.39 is 0 Å². The van der Waals surface area contributed by atoms with Gasteiger partial charge in [-0.1, -0.05) is 36.8 Å². The Morgan fingerprint density at radius 2 is 2.21 bits per heavy atom. The van der Waals surface area contributed by atoms with Crippen LogP contribution in [0.4, 0.5) is 5.13 Å². The number of carbonyl (C=O) groups is 1. The maximum absolute atomic E-state index is 12.0. The number of thiazole rings is 1. The Morgan fingerprint density at radius 3 is 2.96 bits per heavy atom. The molecule has 2 heterocycles. The van der Waals surface area contributed by atoms with E-state index in [1.807, 2.05) is 17.5 Å². The Kier molecular flexibility index (Phi) is 5.55. The average molecular weight is 376 g/mol. The Balaban J connectivity index is 1.66. The van der Waals surface area contributed by atoms with Crippen molar-refractivity contribution in [1.82, 2.24) is 10.3 Å². The number of benzene rings is 1. The predicted octanol–water partition coefficient (Wildman–Crippen LogP) is 4.83. The number of amides is 1. The summed E-state index contributed by atoms with van der Waals surface area (Å²) in [5.74, 6) is -0.203. The first kappa shape index (κ1) is 17.0. The van der Waals surface area contributed by atoms with Crippen molar-refractivity contribution in [2.45, 2.75) is 26.2 Å². The molecule has 0 atom stereocenters. The third-order valence-electron chi connectivity index (χ3n) is 3.46. The summed E-state index contributed by atoms with van der Waals surface area (Å²) in [6.45, 7) is 2.19. The number of nitrogens with zero attached hydrogens (tertiary/aromatic N) is 1. The number of aromatic nitrogens is 1. The first-order valence-corrected chi connectivity index (χ1v) is 9.81. The van der Waals surface area contributed by atoms with E-state index in [4.69, 9.17) is 12.2 Å². The van der Waals surface area contributed by atoms with Gasteiger partial charge >= 0.3 is 0 Å². The minimum absolute atomic E-state index is 0.203. The van der Waals surface area contributed by atoms with Crippen LogP contribution in [0, 0.1) is 0 Å². The van der Waals surface area contributed by atoms with Gasteiger partial charge in [0.25, 0.3) is 5.91 Å². The lowest BCUT2D eigenvalue weighted by atomic mass is 10.1. The van der Waals surface area contributed by atoms with Crippen LogP contribution in [-0.2, 0) is 6.42 Å². The molecule has 3 aromatic rings. The van der Waals surface area contributed by atoms with E-state index in [9.17, 15) is 4.79 Å². The molecule has 4 nitrogen and oxygen atoms in total. The number of fused-ring (bicyclic) bond motifs is 1. The summed E-state index contributed by atoms with van der Waals surface area (Å²) in [4.78, 5) is 17.1. The van der Waals surface area contributed by atoms with E-state index in [1.165, 1.54) is 41.1 Å². The summed E-state index contributed by atoms with van der Waals surface area (Å²) in [5.41, 5.74) is 2.27. The van der Waals surface area contributed by atoms with Gasteiger partial charge in [0, 0.05) is 0 Å². The van der Waals surface area contributed by atoms with Gasteiger partial charge in [-0.15, -0.1) is 11.3 Å². The first-order valence-electron chi connectivity index (χ1n) is 7.71. The van der Waals surface area contributed by atoms with Gasteiger partial charge < -0.3 is 5.32 Å². The number of thiophene rings is 1. The molecule has 3 rings (SSSR count). The molecule has 0 fully saturated rings. The van der Waals surface area contributed by atoms with E-state index in [0.717, 1.165) is 16.6 Å². The third kappa shape index (κ3) is 4.17. The number of aryl methyl sites for hydroxylation is 1. The monoisotopic (exact) mass is 375 g/mol. The highest BCUT2D eigenvalue weighted by Gasteiger charge is 2.11. The lowest BCUT2D eigenvalue weighted by molar-refractivity contribution is 0.0981. The number of carbonyl (C=O) groups excluding carboxylic acids is 1. The smallest absolute Gasteiger partial charge is 0.267 e. The second-order valence-electron chi connectivity index (χ2n) is 5.31. The molecular weight excluding hydrogens is 358 g/mol. The maximum Gasteiger partial charge on any atom is 0.267 e. The average Bonchev–Trinajstić information content (AvgIpc) is 3.21. The van der Waals surface area contributed by atoms with Crippen LogP contribution < -0.4 is 10.6 Å². The molecule has 1 amide bonds. The highest BCUT2D eigenvalue weighted by atomic mass is 32.1. The minimum atomic E-state index is -0.203. The molecule has 0 spiro atoms. The Morgan fingerprint density at radius 1 is 1.33 bits per heavy atom. The SMILES string of the molecule is CCCCc1ccc2nc(NC(=S)NC(=O)c3cccs3)sc2c1. The highest BCUT2D eigenvalue weighted by Crippen LogP contribution is 2.27. The van der Waals surface area contributed by atoms with Gasteiger partial charge in [0.05, 0.1) is 15.1 Å². The molecular formula is C17H17N3OS3. The Labute approximate surface area is 153 Å². The topological polar surface area (TPSA) is 54.0 Å². The quantitative estimate of drug-likeness (QED) is 0.627. The van der Waals surface area contributed by atoms with Gasteiger partial charge in [-0.2, -0.15) is 0 Å². The summed E-state index contributed by atoms with van der Waals surface area (Å²) in [5, 5.41) is 8.48. The normalized spacial score (nSPS) is 10.7. The van der Waals surface area contributed by atoms with E-state index in [1.54, 1.807) is 6.07 Å². The molecule has 2 aromatic heterocycles. The number of nitrogens with one attached hydrogen (secondary N) is 2. The van der Waals surface area contributed by atoms with Gasteiger partial charge in [0.1, 0.15) is 0 Å². The fourth-order valence-corrected chi connectivity index (χ4v) is 4.07. The largest absolute Gasteiger partial charge is 0.308 e. The Bertz CT molecular complexity index is 855. The molecule has 0 aliphatic carbocycles. The lowest BCUT2D eigenvalue weighted by Gasteiger charge is -2.05. The van der Waals surface area contributed by atoms with Crippen LogP contribution in [0.5, 0.6) is 0 Å². The van der Waals surface area contributed by atoms with Crippen molar-refractivity contribution in [2.24, 2.45) is 0 Å². The maximum atomic E-state index is 12.0. The summed E-state index contributed by atoms with van der Waals surface area (Å²) in [6, 6.07) is 9.94. The number of anilines is 1. The highest BCUT2D eigenvalue weighted by molar-refractivity contribution is 7.80. The van der Waals surface area contributed by atoms with Crippen molar-refractivity contribution < 1.29 is 4.79 Å². The summed E-state index contributed by atoms with van der Waals surface area (Å²) in [6.07, 6.45) is 3.46. The van der Waals surface area contributed by atoms with Gasteiger partial charge in [-0.05, 0) is 54.2 Å². The van der Waals surface area contributed by atoms with Crippen LogP contribution in [-0.4, -0.2) is 16.0 Å². The fourth-order valence-electron chi connectivity index (χ4n) is 2.26.